The normalized spacial score (nSPS) is 14.4. The number of hydrogen-bond acceptors (Lipinski definition) is 3. The second-order valence-corrected chi connectivity index (χ2v) is 7.61. The minimum absolute atomic E-state index is 0.0191. The molecule has 1 N–H and O–H groups in total. The van der Waals surface area contributed by atoms with Crippen molar-refractivity contribution in [3.05, 3.63) is 50.6 Å². The average molecular weight is 365 g/mol. The highest BCUT2D eigenvalue weighted by atomic mass is 79.9. The maximum atomic E-state index is 12.0. The van der Waals surface area contributed by atoms with E-state index in [4.69, 9.17) is 0 Å². The molecule has 3 rings (SSSR count). The molecule has 3 nitrogen and oxygen atoms in total. The number of carbonyl (C=O) groups excluding carboxylic acids is 1. The van der Waals surface area contributed by atoms with Crippen molar-refractivity contribution in [3.63, 3.8) is 0 Å². The number of thiophene rings is 1. The Kier molecular flexibility index (Phi) is 4.60. The predicted octanol–water partition coefficient (Wildman–Crippen LogP) is 4.04. The van der Waals surface area contributed by atoms with Crippen molar-refractivity contribution in [1.29, 1.82) is 0 Å². The van der Waals surface area contributed by atoms with Gasteiger partial charge in [-0.15, -0.1) is 11.3 Å². The maximum Gasteiger partial charge on any atom is 0.261 e. The number of rotatable bonds is 4. The molecule has 1 aromatic heterocycles. The summed E-state index contributed by atoms with van der Waals surface area (Å²) in [5, 5.41) is 2.95. The molecule has 0 aliphatic carbocycles. The quantitative estimate of drug-likeness (QED) is 0.887. The number of benzene rings is 1. The Hall–Kier alpha value is -1.33. The summed E-state index contributed by atoms with van der Waals surface area (Å²) in [5.41, 5.74) is 2.41. The molecule has 1 aromatic carbocycles. The fourth-order valence-corrected chi connectivity index (χ4v) is 3.81. The first-order chi connectivity index (χ1) is 10.2. The van der Waals surface area contributed by atoms with Crippen LogP contribution in [0.1, 0.15) is 28.1 Å². The van der Waals surface area contributed by atoms with Gasteiger partial charge in [0.05, 0.1) is 8.66 Å². The fraction of sp³-hybridized carbons (Fsp3) is 0.312. The van der Waals surface area contributed by atoms with Crippen LogP contribution >= 0.6 is 27.3 Å². The number of amides is 1. The highest BCUT2D eigenvalue weighted by Gasteiger charge is 2.12. The molecule has 1 amide bonds. The van der Waals surface area contributed by atoms with Crippen LogP contribution in [-0.4, -0.2) is 19.0 Å². The van der Waals surface area contributed by atoms with Crippen molar-refractivity contribution in [2.45, 2.75) is 19.4 Å². The second-order valence-electron chi connectivity index (χ2n) is 5.15. The van der Waals surface area contributed by atoms with Crippen LogP contribution in [0.5, 0.6) is 0 Å². The lowest BCUT2D eigenvalue weighted by atomic mass is 10.2. The summed E-state index contributed by atoms with van der Waals surface area (Å²) in [6.07, 6.45) is 2.57. The van der Waals surface area contributed by atoms with Crippen molar-refractivity contribution >= 4 is 38.9 Å². The lowest BCUT2D eigenvalue weighted by molar-refractivity contribution is 0.0955. The zero-order chi connectivity index (χ0) is 14.7. The van der Waals surface area contributed by atoms with E-state index >= 15 is 0 Å². The van der Waals surface area contributed by atoms with Crippen LogP contribution in [0.4, 0.5) is 5.69 Å². The third kappa shape index (κ3) is 3.66. The van der Waals surface area contributed by atoms with E-state index in [1.165, 1.54) is 29.9 Å². The molecule has 1 aliphatic heterocycles. The largest absolute Gasteiger partial charge is 0.372 e. The number of carbonyl (C=O) groups is 1. The van der Waals surface area contributed by atoms with E-state index < -0.39 is 0 Å². The molecular formula is C16H17BrN2OS. The molecule has 110 valence electrons. The standard InChI is InChI=1S/C16H17BrN2OS/c17-15-8-7-14(21-15)16(20)18-11-12-3-5-13(6-4-12)19-9-1-2-10-19/h3-8H,1-2,9-11H2,(H,18,20). The van der Waals surface area contributed by atoms with Gasteiger partial charge in [-0.3, -0.25) is 4.79 Å². The molecule has 0 atom stereocenters. The van der Waals surface area contributed by atoms with E-state index in [9.17, 15) is 4.79 Å². The third-order valence-corrected chi connectivity index (χ3v) is 5.28. The summed E-state index contributed by atoms with van der Waals surface area (Å²) in [4.78, 5) is 15.1. The van der Waals surface area contributed by atoms with Gasteiger partial charge in [0.2, 0.25) is 0 Å². The van der Waals surface area contributed by atoms with Gasteiger partial charge in [-0.2, -0.15) is 0 Å². The molecule has 0 spiro atoms. The van der Waals surface area contributed by atoms with Gasteiger partial charge in [0, 0.05) is 25.3 Å². The molecule has 1 saturated heterocycles. The smallest absolute Gasteiger partial charge is 0.261 e. The van der Waals surface area contributed by atoms with Crippen molar-refractivity contribution in [3.8, 4) is 0 Å². The third-order valence-electron chi connectivity index (χ3n) is 3.66. The number of halogens is 1. The Labute approximate surface area is 137 Å². The Bertz CT molecular complexity index is 617. The van der Waals surface area contributed by atoms with E-state index in [1.807, 2.05) is 12.1 Å². The van der Waals surface area contributed by atoms with Crippen molar-refractivity contribution in [2.75, 3.05) is 18.0 Å². The van der Waals surface area contributed by atoms with E-state index in [0.29, 0.717) is 6.54 Å². The number of hydrogen-bond donors (Lipinski definition) is 1. The highest BCUT2D eigenvalue weighted by Crippen LogP contribution is 2.22. The van der Waals surface area contributed by atoms with Gasteiger partial charge in [-0.25, -0.2) is 0 Å². The van der Waals surface area contributed by atoms with Gasteiger partial charge < -0.3 is 10.2 Å². The molecule has 2 heterocycles. The number of nitrogens with one attached hydrogen (secondary N) is 1. The summed E-state index contributed by atoms with van der Waals surface area (Å²) in [6.45, 7) is 2.88. The van der Waals surface area contributed by atoms with Crippen LogP contribution in [0.3, 0.4) is 0 Å². The summed E-state index contributed by atoms with van der Waals surface area (Å²) in [5.74, 6) is -0.0191. The van der Waals surface area contributed by atoms with Crippen LogP contribution in [0.25, 0.3) is 0 Å². The average Bonchev–Trinajstić information content (AvgIpc) is 3.16. The van der Waals surface area contributed by atoms with E-state index in [2.05, 4.69) is 50.4 Å². The van der Waals surface area contributed by atoms with E-state index in [0.717, 1.165) is 27.3 Å². The molecule has 1 fully saturated rings. The zero-order valence-electron chi connectivity index (χ0n) is 11.6. The Balaban J connectivity index is 1.56. The molecule has 0 saturated carbocycles. The summed E-state index contributed by atoms with van der Waals surface area (Å²) >= 11 is 4.82. The van der Waals surface area contributed by atoms with Crippen LogP contribution in [0.2, 0.25) is 0 Å². The molecule has 0 unspecified atom stereocenters. The molecule has 1 aliphatic rings. The summed E-state index contributed by atoms with van der Waals surface area (Å²) in [6, 6.07) is 12.2. The minimum Gasteiger partial charge on any atom is -0.372 e. The van der Waals surface area contributed by atoms with Crippen LogP contribution < -0.4 is 10.2 Å². The number of nitrogens with zero attached hydrogens (tertiary/aromatic N) is 1. The van der Waals surface area contributed by atoms with Crippen LogP contribution in [-0.2, 0) is 6.54 Å². The van der Waals surface area contributed by atoms with Crippen molar-refractivity contribution < 1.29 is 4.79 Å². The predicted molar refractivity (Wildman–Crippen MR) is 91.1 cm³/mol. The molecular weight excluding hydrogens is 348 g/mol. The van der Waals surface area contributed by atoms with E-state index in [1.54, 1.807) is 0 Å². The molecule has 21 heavy (non-hydrogen) atoms. The lowest BCUT2D eigenvalue weighted by Crippen LogP contribution is -2.22. The van der Waals surface area contributed by atoms with Gasteiger partial charge >= 0.3 is 0 Å². The van der Waals surface area contributed by atoms with E-state index in [-0.39, 0.29) is 5.91 Å². The van der Waals surface area contributed by atoms with Crippen molar-refractivity contribution in [1.82, 2.24) is 5.32 Å². The number of anilines is 1. The highest BCUT2D eigenvalue weighted by molar-refractivity contribution is 9.11. The van der Waals surface area contributed by atoms with Crippen molar-refractivity contribution in [2.24, 2.45) is 0 Å². The second kappa shape index (κ2) is 6.62. The minimum atomic E-state index is -0.0191. The Morgan fingerprint density at radius 2 is 1.86 bits per heavy atom. The van der Waals surface area contributed by atoms with Gasteiger partial charge in [0.1, 0.15) is 0 Å². The van der Waals surface area contributed by atoms with Crippen LogP contribution in [0, 0.1) is 0 Å². The Morgan fingerprint density at radius 1 is 1.14 bits per heavy atom. The van der Waals surface area contributed by atoms with Crippen LogP contribution in [0.15, 0.2) is 40.2 Å². The van der Waals surface area contributed by atoms with Gasteiger partial charge in [0.25, 0.3) is 5.91 Å². The first-order valence-electron chi connectivity index (χ1n) is 7.10. The Morgan fingerprint density at radius 3 is 2.48 bits per heavy atom. The van der Waals surface area contributed by atoms with Gasteiger partial charge in [0.15, 0.2) is 0 Å². The molecule has 2 aromatic rings. The maximum absolute atomic E-state index is 12.0. The molecule has 0 radical (unpaired) electrons. The topological polar surface area (TPSA) is 32.3 Å². The van der Waals surface area contributed by atoms with Gasteiger partial charge in [-0.05, 0) is 58.6 Å². The monoisotopic (exact) mass is 364 g/mol. The van der Waals surface area contributed by atoms with Gasteiger partial charge in [-0.1, -0.05) is 12.1 Å². The summed E-state index contributed by atoms with van der Waals surface area (Å²) < 4.78 is 0.975. The molecule has 5 heteroatoms. The zero-order valence-corrected chi connectivity index (χ0v) is 14.0. The first kappa shape index (κ1) is 14.6. The molecule has 0 bridgehead atoms. The first-order valence-corrected chi connectivity index (χ1v) is 8.71. The lowest BCUT2D eigenvalue weighted by Gasteiger charge is -2.17. The SMILES string of the molecule is O=C(NCc1ccc(N2CCCC2)cc1)c1ccc(Br)s1. The summed E-state index contributed by atoms with van der Waals surface area (Å²) in [7, 11) is 0. The fourth-order valence-electron chi connectivity index (χ4n) is 2.51.